The monoisotopic (exact) mass is 463 g/mol. The summed E-state index contributed by atoms with van der Waals surface area (Å²) in [5.41, 5.74) is 3.91. The molecule has 0 bridgehead atoms. The topological polar surface area (TPSA) is 132 Å². The van der Waals surface area contributed by atoms with E-state index in [9.17, 15) is 19.2 Å². The smallest absolute Gasteiger partial charge is 0.243 e. The molecule has 2 saturated heterocycles. The number of nitrogens with one attached hydrogen (secondary N) is 4. The van der Waals surface area contributed by atoms with Crippen LogP contribution in [0.4, 0.5) is 0 Å². The summed E-state index contributed by atoms with van der Waals surface area (Å²) in [4.78, 5) is 48.8. The van der Waals surface area contributed by atoms with Gasteiger partial charge in [0, 0.05) is 31.0 Å². The van der Waals surface area contributed by atoms with Gasteiger partial charge in [0.05, 0.1) is 26.2 Å². The van der Waals surface area contributed by atoms with E-state index < -0.39 is 24.0 Å². The Balaban J connectivity index is 1.45. The van der Waals surface area contributed by atoms with E-state index in [1.165, 1.54) is 0 Å². The highest BCUT2D eigenvalue weighted by molar-refractivity contribution is 7.99. The lowest BCUT2D eigenvalue weighted by atomic mass is 10.1. The van der Waals surface area contributed by atoms with Gasteiger partial charge in [0.2, 0.25) is 17.7 Å². The Morgan fingerprint density at radius 1 is 1.00 bits per heavy atom. The summed E-state index contributed by atoms with van der Waals surface area (Å²) in [5.74, 6) is 0.572. The minimum Gasteiger partial charge on any atom is -0.365 e. The summed E-state index contributed by atoms with van der Waals surface area (Å²) in [6.45, 7) is 1.79. The standard InChI is InChI=1S/C21H29N5O5S/c27-17(18-14-31-18)11-23-21(30)16(10-15-4-2-1-3-5-15)25-20(29)12-22-19(28)13-24-26-6-8-32-9-7-26/h1-5,16,18,24H,6-14H2,(H,22,28)(H,23,30)(H,25,29)/t16-,18+/m0/s1. The minimum absolute atomic E-state index is 0.0806. The second-order valence-electron chi connectivity index (χ2n) is 7.53. The fourth-order valence-corrected chi connectivity index (χ4v) is 4.00. The van der Waals surface area contributed by atoms with Gasteiger partial charge >= 0.3 is 0 Å². The quantitative estimate of drug-likeness (QED) is 0.275. The first-order chi connectivity index (χ1) is 15.5. The summed E-state index contributed by atoms with van der Waals surface area (Å²) < 4.78 is 4.92. The third-order valence-electron chi connectivity index (χ3n) is 4.98. The Kier molecular flexibility index (Phi) is 9.47. The second kappa shape index (κ2) is 12.5. The maximum absolute atomic E-state index is 12.6. The molecule has 10 nitrogen and oxygen atoms in total. The Hall–Kier alpha value is -2.47. The molecule has 3 rings (SSSR count). The molecule has 174 valence electrons. The van der Waals surface area contributed by atoms with E-state index in [1.807, 2.05) is 47.1 Å². The first kappa shape index (κ1) is 24.2. The van der Waals surface area contributed by atoms with Crippen molar-refractivity contribution in [2.75, 3.05) is 50.8 Å². The summed E-state index contributed by atoms with van der Waals surface area (Å²) in [5, 5.41) is 9.76. The highest BCUT2D eigenvalue weighted by atomic mass is 32.2. The molecule has 2 aliphatic heterocycles. The van der Waals surface area contributed by atoms with E-state index in [0.29, 0.717) is 6.61 Å². The van der Waals surface area contributed by atoms with Crippen molar-refractivity contribution >= 4 is 35.3 Å². The number of carbonyl (C=O) groups excluding carboxylic acids is 4. The first-order valence-corrected chi connectivity index (χ1v) is 11.7. The maximum Gasteiger partial charge on any atom is 0.243 e. The van der Waals surface area contributed by atoms with Crippen LogP contribution in [-0.4, -0.2) is 91.5 Å². The summed E-state index contributed by atoms with van der Waals surface area (Å²) >= 11 is 1.87. The molecule has 2 fully saturated rings. The fourth-order valence-electron chi connectivity index (χ4n) is 3.10. The van der Waals surface area contributed by atoms with E-state index >= 15 is 0 Å². The van der Waals surface area contributed by atoms with E-state index in [4.69, 9.17) is 4.74 Å². The van der Waals surface area contributed by atoms with Crippen LogP contribution in [0.1, 0.15) is 5.56 Å². The van der Waals surface area contributed by atoms with Gasteiger partial charge in [-0.15, -0.1) is 0 Å². The normalized spacial score (nSPS) is 18.9. The summed E-state index contributed by atoms with van der Waals surface area (Å²) in [7, 11) is 0. The van der Waals surface area contributed by atoms with Crippen LogP contribution in [0.5, 0.6) is 0 Å². The lowest BCUT2D eigenvalue weighted by Crippen LogP contribution is -2.52. The average Bonchev–Trinajstić information content (AvgIpc) is 3.66. The molecular formula is C21H29N5O5S. The van der Waals surface area contributed by atoms with Gasteiger partial charge in [-0.3, -0.25) is 19.2 Å². The molecule has 0 aliphatic carbocycles. The van der Waals surface area contributed by atoms with Crippen LogP contribution in [0.25, 0.3) is 0 Å². The number of ether oxygens (including phenoxy) is 1. The zero-order chi connectivity index (χ0) is 22.8. The predicted octanol–water partition coefficient (Wildman–Crippen LogP) is -1.53. The molecule has 0 saturated carbocycles. The van der Waals surface area contributed by atoms with Crippen LogP contribution in [0.2, 0.25) is 0 Å². The number of hydrogen-bond acceptors (Lipinski definition) is 8. The molecule has 0 radical (unpaired) electrons. The molecule has 1 aromatic rings. The van der Waals surface area contributed by atoms with E-state index in [0.717, 1.165) is 30.2 Å². The van der Waals surface area contributed by atoms with Crippen LogP contribution in [0.15, 0.2) is 30.3 Å². The lowest BCUT2D eigenvalue weighted by Gasteiger charge is -2.26. The van der Waals surface area contributed by atoms with E-state index in [-0.39, 0.29) is 37.7 Å². The molecule has 0 unspecified atom stereocenters. The number of nitrogens with zero attached hydrogens (tertiary/aromatic N) is 1. The van der Waals surface area contributed by atoms with Crippen LogP contribution >= 0.6 is 11.8 Å². The predicted molar refractivity (Wildman–Crippen MR) is 120 cm³/mol. The highest BCUT2D eigenvalue weighted by Crippen LogP contribution is 2.09. The Labute approximate surface area is 191 Å². The molecule has 32 heavy (non-hydrogen) atoms. The number of thioether (sulfide) groups is 1. The molecule has 0 aromatic heterocycles. The number of ketones is 1. The molecule has 11 heteroatoms. The number of benzene rings is 1. The van der Waals surface area contributed by atoms with E-state index in [1.54, 1.807) is 0 Å². The first-order valence-electron chi connectivity index (χ1n) is 10.6. The SMILES string of the molecule is O=C(CNN1CCSCC1)NCC(=O)N[C@@H](Cc1ccccc1)C(=O)NCC(=O)[C@H]1CO1. The molecule has 0 spiro atoms. The lowest BCUT2D eigenvalue weighted by molar-refractivity contribution is -0.130. The van der Waals surface area contributed by atoms with Crippen molar-refractivity contribution in [3.05, 3.63) is 35.9 Å². The van der Waals surface area contributed by atoms with Gasteiger partial charge in [0.15, 0.2) is 5.78 Å². The van der Waals surface area contributed by atoms with Crippen LogP contribution in [0, 0.1) is 0 Å². The molecular weight excluding hydrogens is 434 g/mol. The third-order valence-corrected chi connectivity index (χ3v) is 5.93. The van der Waals surface area contributed by atoms with Crippen LogP contribution < -0.4 is 21.4 Å². The second-order valence-corrected chi connectivity index (χ2v) is 8.75. The summed E-state index contributed by atoms with van der Waals surface area (Å²) in [6, 6.07) is 8.36. The largest absolute Gasteiger partial charge is 0.365 e. The van der Waals surface area contributed by atoms with E-state index in [2.05, 4.69) is 21.4 Å². The number of amides is 3. The molecule has 1 aromatic carbocycles. The molecule has 2 atom stereocenters. The molecule has 4 N–H and O–H groups in total. The number of hydrazine groups is 1. The molecule has 3 amide bonds. The van der Waals surface area contributed by atoms with Crippen molar-refractivity contribution in [2.24, 2.45) is 0 Å². The fraction of sp³-hybridized carbons (Fsp3) is 0.524. The van der Waals surface area contributed by atoms with Gasteiger partial charge in [0.1, 0.15) is 12.1 Å². The van der Waals surface area contributed by atoms with Crippen molar-refractivity contribution in [3.8, 4) is 0 Å². The molecule has 2 aliphatic rings. The van der Waals surface area contributed by atoms with Crippen LogP contribution in [-0.2, 0) is 30.3 Å². The van der Waals surface area contributed by atoms with Gasteiger partial charge in [-0.1, -0.05) is 30.3 Å². The maximum atomic E-state index is 12.6. The number of carbonyl (C=O) groups is 4. The minimum atomic E-state index is -0.876. The zero-order valence-corrected chi connectivity index (χ0v) is 18.6. The van der Waals surface area contributed by atoms with Gasteiger partial charge < -0.3 is 20.7 Å². The average molecular weight is 464 g/mol. The molecule has 2 heterocycles. The Morgan fingerprint density at radius 3 is 2.41 bits per heavy atom. The third kappa shape index (κ3) is 8.58. The number of hydrogen-bond donors (Lipinski definition) is 4. The number of Topliss-reactive ketones (excluding diaryl/α,β-unsaturated/α-hetero) is 1. The van der Waals surface area contributed by atoms with Crippen LogP contribution in [0.3, 0.4) is 0 Å². The van der Waals surface area contributed by atoms with Crippen molar-refractivity contribution in [2.45, 2.75) is 18.6 Å². The van der Waals surface area contributed by atoms with Gasteiger partial charge in [0.25, 0.3) is 0 Å². The summed E-state index contributed by atoms with van der Waals surface area (Å²) in [6.07, 6.45) is -0.181. The van der Waals surface area contributed by atoms with Gasteiger partial charge in [-0.2, -0.15) is 11.8 Å². The highest BCUT2D eigenvalue weighted by Gasteiger charge is 2.31. The van der Waals surface area contributed by atoms with Crippen molar-refractivity contribution in [3.63, 3.8) is 0 Å². The Bertz CT molecular complexity index is 799. The van der Waals surface area contributed by atoms with Gasteiger partial charge in [-0.05, 0) is 5.56 Å². The van der Waals surface area contributed by atoms with Crippen molar-refractivity contribution in [1.82, 2.24) is 26.4 Å². The van der Waals surface area contributed by atoms with Crippen molar-refractivity contribution in [1.29, 1.82) is 0 Å². The zero-order valence-electron chi connectivity index (χ0n) is 17.8. The number of epoxide rings is 1. The van der Waals surface area contributed by atoms with Gasteiger partial charge in [-0.25, -0.2) is 10.4 Å². The van der Waals surface area contributed by atoms with Crippen molar-refractivity contribution < 1.29 is 23.9 Å². The Morgan fingerprint density at radius 2 is 1.72 bits per heavy atom. The number of rotatable bonds is 12.